The topological polar surface area (TPSA) is 59.6 Å². The summed E-state index contributed by atoms with van der Waals surface area (Å²) in [6.07, 6.45) is 0. The quantitative estimate of drug-likeness (QED) is 0.554. The SMILES string of the molecule is CCOP(=O)(OCC)C(C)(C)NC(=S)NCc1ccccc1. The first-order chi connectivity index (χ1) is 10.3. The molecule has 22 heavy (non-hydrogen) atoms. The molecule has 0 unspecified atom stereocenters. The van der Waals surface area contributed by atoms with Crippen LogP contribution in [0.25, 0.3) is 0 Å². The standard InChI is InChI=1S/C15H25N2O3PS/c1-5-19-21(18,20-6-2)15(3,4)17-14(22)16-12-13-10-8-7-9-11-13/h7-11H,5-6,12H2,1-4H3,(H2,16,17,22). The molecule has 0 amide bonds. The van der Waals surface area contributed by atoms with Gasteiger partial charge in [-0.05, 0) is 45.5 Å². The highest BCUT2D eigenvalue weighted by Crippen LogP contribution is 2.58. The number of thiocarbonyl (C=S) groups is 1. The van der Waals surface area contributed by atoms with Gasteiger partial charge in [-0.2, -0.15) is 0 Å². The first-order valence-corrected chi connectivity index (χ1v) is 9.29. The fourth-order valence-electron chi connectivity index (χ4n) is 1.87. The van der Waals surface area contributed by atoms with Crippen LogP contribution in [-0.4, -0.2) is 23.6 Å². The minimum absolute atomic E-state index is 0.312. The predicted octanol–water partition coefficient (Wildman–Crippen LogP) is 3.65. The molecule has 0 aliphatic heterocycles. The molecule has 0 aliphatic rings. The Morgan fingerprint density at radius 1 is 1.18 bits per heavy atom. The highest BCUT2D eigenvalue weighted by molar-refractivity contribution is 7.80. The van der Waals surface area contributed by atoms with Crippen molar-refractivity contribution in [3.63, 3.8) is 0 Å². The van der Waals surface area contributed by atoms with Crippen molar-refractivity contribution in [1.29, 1.82) is 0 Å². The van der Waals surface area contributed by atoms with Gasteiger partial charge in [0.25, 0.3) is 0 Å². The van der Waals surface area contributed by atoms with E-state index in [-0.39, 0.29) is 0 Å². The second-order valence-electron chi connectivity index (χ2n) is 5.19. The van der Waals surface area contributed by atoms with Gasteiger partial charge in [-0.1, -0.05) is 30.3 Å². The molecular weight excluding hydrogens is 319 g/mol. The second kappa shape index (κ2) is 8.63. The summed E-state index contributed by atoms with van der Waals surface area (Å²) in [6, 6.07) is 9.91. The van der Waals surface area contributed by atoms with Crippen LogP contribution in [0.3, 0.4) is 0 Å². The Balaban J connectivity index is 2.65. The van der Waals surface area contributed by atoms with Crippen molar-refractivity contribution in [3.05, 3.63) is 35.9 Å². The summed E-state index contributed by atoms with van der Waals surface area (Å²) in [5.74, 6) is 0. The lowest BCUT2D eigenvalue weighted by Gasteiger charge is -2.34. The van der Waals surface area contributed by atoms with Crippen molar-refractivity contribution in [2.45, 2.75) is 39.5 Å². The summed E-state index contributed by atoms with van der Waals surface area (Å²) < 4.78 is 23.6. The van der Waals surface area contributed by atoms with Gasteiger partial charge >= 0.3 is 7.60 Å². The molecule has 124 valence electrons. The smallest absolute Gasteiger partial charge is 0.355 e. The van der Waals surface area contributed by atoms with E-state index in [9.17, 15) is 4.57 Å². The first kappa shape index (κ1) is 19.1. The van der Waals surface area contributed by atoms with Gasteiger partial charge < -0.3 is 19.7 Å². The third kappa shape index (κ3) is 5.36. The molecule has 0 atom stereocenters. The molecule has 0 radical (unpaired) electrons. The molecule has 0 fully saturated rings. The zero-order chi connectivity index (χ0) is 16.6. The van der Waals surface area contributed by atoms with Gasteiger partial charge in [0.2, 0.25) is 0 Å². The monoisotopic (exact) mass is 344 g/mol. The van der Waals surface area contributed by atoms with Gasteiger partial charge in [0.1, 0.15) is 5.28 Å². The lowest BCUT2D eigenvalue weighted by Crippen LogP contribution is -2.48. The third-order valence-electron chi connectivity index (χ3n) is 3.00. The molecular formula is C15H25N2O3PS. The maximum atomic E-state index is 12.9. The Labute approximate surface area is 138 Å². The van der Waals surface area contributed by atoms with Gasteiger partial charge in [-0.15, -0.1) is 0 Å². The Morgan fingerprint density at radius 2 is 1.73 bits per heavy atom. The first-order valence-electron chi connectivity index (χ1n) is 7.33. The zero-order valence-corrected chi connectivity index (χ0v) is 15.3. The van der Waals surface area contributed by atoms with E-state index in [4.69, 9.17) is 21.3 Å². The maximum Gasteiger partial charge on any atom is 0.355 e. The summed E-state index contributed by atoms with van der Waals surface area (Å²) >= 11 is 5.28. The molecule has 0 heterocycles. The van der Waals surface area contributed by atoms with Gasteiger partial charge in [0.05, 0.1) is 13.2 Å². The van der Waals surface area contributed by atoms with Crippen LogP contribution in [0.5, 0.6) is 0 Å². The van der Waals surface area contributed by atoms with E-state index < -0.39 is 12.9 Å². The van der Waals surface area contributed by atoms with Crippen molar-refractivity contribution < 1.29 is 13.6 Å². The molecule has 7 heteroatoms. The van der Waals surface area contributed by atoms with Crippen LogP contribution < -0.4 is 10.6 Å². The molecule has 0 aromatic heterocycles. The maximum absolute atomic E-state index is 12.9. The summed E-state index contributed by atoms with van der Waals surface area (Å²) in [4.78, 5) is 0. The lowest BCUT2D eigenvalue weighted by molar-refractivity contribution is 0.197. The van der Waals surface area contributed by atoms with Gasteiger partial charge in [-0.25, -0.2) is 0 Å². The Morgan fingerprint density at radius 3 is 2.23 bits per heavy atom. The summed E-state index contributed by atoms with van der Waals surface area (Å²) in [7, 11) is -3.31. The van der Waals surface area contributed by atoms with Crippen LogP contribution in [-0.2, 0) is 20.2 Å². The van der Waals surface area contributed by atoms with Gasteiger partial charge in [-0.3, -0.25) is 4.57 Å². The Bertz CT molecular complexity index is 513. The van der Waals surface area contributed by atoms with E-state index in [0.717, 1.165) is 5.56 Å². The average Bonchev–Trinajstić information content (AvgIpc) is 2.46. The van der Waals surface area contributed by atoms with Crippen LogP contribution in [0.2, 0.25) is 0 Å². The van der Waals surface area contributed by atoms with Crippen molar-refractivity contribution in [3.8, 4) is 0 Å². The number of hydrogen-bond donors (Lipinski definition) is 2. The fraction of sp³-hybridized carbons (Fsp3) is 0.533. The molecule has 1 aromatic rings. The highest BCUT2D eigenvalue weighted by atomic mass is 32.1. The number of benzene rings is 1. The molecule has 0 bridgehead atoms. The van der Waals surface area contributed by atoms with Crippen molar-refractivity contribution in [2.24, 2.45) is 0 Å². The molecule has 5 nitrogen and oxygen atoms in total. The zero-order valence-electron chi connectivity index (χ0n) is 13.6. The number of hydrogen-bond acceptors (Lipinski definition) is 4. The molecule has 0 saturated carbocycles. The average molecular weight is 344 g/mol. The van der Waals surface area contributed by atoms with E-state index in [1.54, 1.807) is 27.7 Å². The second-order valence-corrected chi connectivity index (χ2v) is 8.22. The number of rotatable bonds is 8. The van der Waals surface area contributed by atoms with Crippen molar-refractivity contribution in [2.75, 3.05) is 13.2 Å². The van der Waals surface area contributed by atoms with Crippen molar-refractivity contribution in [1.82, 2.24) is 10.6 Å². The van der Waals surface area contributed by atoms with E-state index >= 15 is 0 Å². The number of nitrogens with one attached hydrogen (secondary N) is 2. The van der Waals surface area contributed by atoms with E-state index in [1.807, 2.05) is 30.3 Å². The normalized spacial score (nSPS) is 12.0. The van der Waals surface area contributed by atoms with Crippen LogP contribution in [0.4, 0.5) is 0 Å². The predicted molar refractivity (Wildman–Crippen MR) is 94.0 cm³/mol. The minimum Gasteiger partial charge on any atom is -0.359 e. The molecule has 0 saturated heterocycles. The Hall–Kier alpha value is -0.940. The van der Waals surface area contributed by atoms with Crippen LogP contribution in [0.1, 0.15) is 33.3 Å². The van der Waals surface area contributed by atoms with Crippen LogP contribution in [0, 0.1) is 0 Å². The largest absolute Gasteiger partial charge is 0.359 e. The molecule has 0 spiro atoms. The fourth-order valence-corrected chi connectivity index (χ4v) is 3.92. The summed E-state index contributed by atoms with van der Waals surface area (Å²) in [5, 5.41) is 5.64. The third-order valence-corrected chi connectivity index (χ3v) is 5.92. The molecule has 1 rings (SSSR count). The van der Waals surface area contributed by atoms with Crippen molar-refractivity contribution >= 4 is 24.9 Å². The van der Waals surface area contributed by atoms with E-state index in [2.05, 4.69) is 10.6 Å². The molecule has 0 aliphatic carbocycles. The van der Waals surface area contributed by atoms with E-state index in [0.29, 0.717) is 24.9 Å². The summed E-state index contributed by atoms with van der Waals surface area (Å²) in [5.41, 5.74) is 1.11. The van der Waals surface area contributed by atoms with E-state index in [1.165, 1.54) is 0 Å². The molecule has 2 N–H and O–H groups in total. The van der Waals surface area contributed by atoms with Crippen LogP contribution in [0.15, 0.2) is 30.3 Å². The minimum atomic E-state index is -3.31. The van der Waals surface area contributed by atoms with Crippen LogP contribution >= 0.6 is 19.8 Å². The Kier molecular flexibility index (Phi) is 7.49. The highest BCUT2D eigenvalue weighted by Gasteiger charge is 2.43. The van der Waals surface area contributed by atoms with Gasteiger partial charge in [0.15, 0.2) is 5.11 Å². The molecule has 1 aromatic carbocycles. The van der Waals surface area contributed by atoms with Gasteiger partial charge in [0, 0.05) is 6.54 Å². The summed E-state index contributed by atoms with van der Waals surface area (Å²) in [6.45, 7) is 8.31. The lowest BCUT2D eigenvalue weighted by atomic mass is 10.2.